The van der Waals surface area contributed by atoms with Crippen molar-refractivity contribution in [2.45, 2.75) is 39.4 Å². The van der Waals surface area contributed by atoms with E-state index >= 15 is 0 Å². The van der Waals surface area contributed by atoms with Gasteiger partial charge in [-0.2, -0.15) is 5.10 Å². The molecule has 4 rings (SSSR count). The van der Waals surface area contributed by atoms with Crippen LogP contribution in [0.2, 0.25) is 0 Å². The van der Waals surface area contributed by atoms with Gasteiger partial charge in [-0.15, -0.1) is 0 Å². The summed E-state index contributed by atoms with van der Waals surface area (Å²) in [6.07, 6.45) is 2.65. The first kappa shape index (κ1) is 22.8. The van der Waals surface area contributed by atoms with Crippen LogP contribution in [0.5, 0.6) is 5.75 Å². The quantitative estimate of drug-likeness (QED) is 0.344. The lowest BCUT2D eigenvalue weighted by Crippen LogP contribution is -2.37. The number of hydrogen-bond acceptors (Lipinski definition) is 5. The smallest absolute Gasteiger partial charge is 0.191 e. The molecule has 1 fully saturated rings. The van der Waals surface area contributed by atoms with Gasteiger partial charge in [-0.3, -0.25) is 10.00 Å². The van der Waals surface area contributed by atoms with E-state index in [-0.39, 0.29) is 0 Å². The van der Waals surface area contributed by atoms with E-state index in [1.165, 1.54) is 37.1 Å². The topological polar surface area (TPSA) is 90.5 Å². The van der Waals surface area contributed by atoms with Gasteiger partial charge < -0.3 is 15.4 Å². The Kier molecular flexibility index (Phi) is 7.92. The number of benzene rings is 2. The average Bonchev–Trinajstić information content (AvgIpc) is 3.54. The molecule has 0 bridgehead atoms. The number of nitrogens with one attached hydrogen (secondary N) is 3. The second kappa shape index (κ2) is 11.5. The molecular weight excluding hydrogens is 414 g/mol. The van der Waals surface area contributed by atoms with E-state index in [9.17, 15) is 0 Å². The first-order valence-corrected chi connectivity index (χ1v) is 11.6. The van der Waals surface area contributed by atoms with Gasteiger partial charge in [-0.1, -0.05) is 24.3 Å². The highest BCUT2D eigenvalue weighted by atomic mass is 16.5. The van der Waals surface area contributed by atoms with Gasteiger partial charge in [0.15, 0.2) is 11.8 Å². The second-order valence-corrected chi connectivity index (χ2v) is 8.18. The Morgan fingerprint density at radius 2 is 1.76 bits per heavy atom. The summed E-state index contributed by atoms with van der Waals surface area (Å²) in [5.41, 5.74) is 3.50. The Hall–Kier alpha value is -3.39. The fourth-order valence-electron chi connectivity index (χ4n) is 3.87. The Morgan fingerprint density at radius 3 is 2.45 bits per heavy atom. The lowest BCUT2D eigenvalue weighted by atomic mass is 10.1. The summed E-state index contributed by atoms with van der Waals surface area (Å²) < 4.78 is 5.20. The van der Waals surface area contributed by atoms with Gasteiger partial charge in [0.2, 0.25) is 0 Å². The molecule has 2 heterocycles. The van der Waals surface area contributed by atoms with Crippen LogP contribution in [0.4, 0.5) is 0 Å². The van der Waals surface area contributed by atoms with Crippen LogP contribution in [0.15, 0.2) is 53.5 Å². The zero-order valence-electron chi connectivity index (χ0n) is 19.5. The first-order valence-electron chi connectivity index (χ1n) is 11.6. The van der Waals surface area contributed by atoms with E-state index in [0.717, 1.165) is 36.2 Å². The van der Waals surface area contributed by atoms with Crippen LogP contribution in [0, 0.1) is 0 Å². The molecule has 0 saturated carbocycles. The minimum Gasteiger partial charge on any atom is -0.497 e. The van der Waals surface area contributed by atoms with Crippen molar-refractivity contribution in [3.63, 3.8) is 0 Å². The summed E-state index contributed by atoms with van der Waals surface area (Å²) in [5.74, 6) is 2.97. The van der Waals surface area contributed by atoms with Gasteiger partial charge in [-0.05, 0) is 68.2 Å². The number of aromatic nitrogens is 3. The number of rotatable bonds is 9. The van der Waals surface area contributed by atoms with Gasteiger partial charge in [0.25, 0.3) is 0 Å². The first-order chi connectivity index (χ1) is 16.2. The van der Waals surface area contributed by atoms with Gasteiger partial charge in [0, 0.05) is 18.7 Å². The van der Waals surface area contributed by atoms with E-state index in [0.29, 0.717) is 18.9 Å². The van der Waals surface area contributed by atoms with Crippen molar-refractivity contribution >= 4 is 5.96 Å². The molecule has 3 N–H and O–H groups in total. The number of likely N-dealkylation sites (tertiary alicyclic amines) is 1. The standard InChI is InChI=1S/C25H33N7O/c1-3-26-25(27-16-19-6-8-20(9-7-19)18-32-14-4-5-15-32)28-17-23-29-24(31-30-23)21-10-12-22(33-2)13-11-21/h6-13H,3-5,14-18H2,1-2H3,(H2,26,27,28)(H,29,30,31). The van der Waals surface area contributed by atoms with Gasteiger partial charge in [0.05, 0.1) is 20.2 Å². The maximum atomic E-state index is 5.20. The van der Waals surface area contributed by atoms with Crippen LogP contribution in [0.1, 0.15) is 36.7 Å². The predicted octanol–water partition coefficient (Wildman–Crippen LogP) is 3.33. The molecule has 0 aliphatic carbocycles. The third-order valence-corrected chi connectivity index (χ3v) is 5.70. The number of H-pyrrole nitrogens is 1. The fraction of sp³-hybridized carbons (Fsp3) is 0.400. The number of guanidine groups is 1. The molecule has 1 aromatic heterocycles. The third-order valence-electron chi connectivity index (χ3n) is 5.70. The molecule has 0 amide bonds. The van der Waals surface area contributed by atoms with Crippen molar-refractivity contribution in [2.75, 3.05) is 26.7 Å². The van der Waals surface area contributed by atoms with E-state index in [2.05, 4.69) is 61.9 Å². The number of methoxy groups -OCH3 is 1. The summed E-state index contributed by atoms with van der Waals surface area (Å²) >= 11 is 0. The van der Waals surface area contributed by atoms with Crippen molar-refractivity contribution in [2.24, 2.45) is 4.99 Å². The third kappa shape index (κ3) is 6.55. The van der Waals surface area contributed by atoms with Crippen molar-refractivity contribution in [3.05, 3.63) is 65.5 Å². The van der Waals surface area contributed by atoms with E-state index in [1.54, 1.807) is 7.11 Å². The van der Waals surface area contributed by atoms with Crippen molar-refractivity contribution in [1.82, 2.24) is 30.7 Å². The summed E-state index contributed by atoms with van der Waals surface area (Å²) in [7, 11) is 1.65. The molecule has 1 aliphatic heterocycles. The highest BCUT2D eigenvalue weighted by molar-refractivity contribution is 5.79. The van der Waals surface area contributed by atoms with Crippen LogP contribution in [-0.4, -0.2) is 52.8 Å². The number of hydrogen-bond donors (Lipinski definition) is 3. The monoisotopic (exact) mass is 447 g/mol. The van der Waals surface area contributed by atoms with Crippen molar-refractivity contribution in [1.29, 1.82) is 0 Å². The largest absolute Gasteiger partial charge is 0.497 e. The Labute approximate surface area is 195 Å². The number of nitrogens with zero attached hydrogens (tertiary/aromatic N) is 4. The van der Waals surface area contributed by atoms with Crippen LogP contribution in [-0.2, 0) is 19.6 Å². The highest BCUT2D eigenvalue weighted by Crippen LogP contribution is 2.19. The minimum absolute atomic E-state index is 0.504. The van der Waals surface area contributed by atoms with Gasteiger partial charge >= 0.3 is 0 Å². The molecule has 1 saturated heterocycles. The van der Waals surface area contributed by atoms with E-state index in [1.807, 2.05) is 24.3 Å². The van der Waals surface area contributed by atoms with Gasteiger partial charge in [-0.25, -0.2) is 9.98 Å². The highest BCUT2D eigenvalue weighted by Gasteiger charge is 2.11. The maximum absolute atomic E-state index is 5.20. The Balaban J connectivity index is 1.31. The molecule has 0 unspecified atom stereocenters. The predicted molar refractivity (Wildman–Crippen MR) is 131 cm³/mol. The molecule has 3 aromatic rings. The Morgan fingerprint density at radius 1 is 1.03 bits per heavy atom. The molecule has 2 aromatic carbocycles. The van der Waals surface area contributed by atoms with Crippen LogP contribution >= 0.6 is 0 Å². The maximum Gasteiger partial charge on any atom is 0.191 e. The summed E-state index contributed by atoms with van der Waals surface area (Å²) in [6.45, 7) is 7.45. The molecule has 174 valence electrons. The van der Waals surface area contributed by atoms with Crippen LogP contribution < -0.4 is 15.4 Å². The lowest BCUT2D eigenvalue weighted by molar-refractivity contribution is 0.331. The second-order valence-electron chi connectivity index (χ2n) is 8.18. The molecular formula is C25H33N7O. The molecule has 8 heteroatoms. The van der Waals surface area contributed by atoms with Crippen LogP contribution in [0.3, 0.4) is 0 Å². The summed E-state index contributed by atoms with van der Waals surface area (Å²) in [5, 5.41) is 13.9. The zero-order valence-corrected chi connectivity index (χ0v) is 19.5. The van der Waals surface area contributed by atoms with Crippen molar-refractivity contribution < 1.29 is 4.74 Å². The summed E-state index contributed by atoms with van der Waals surface area (Å²) in [6, 6.07) is 16.5. The van der Waals surface area contributed by atoms with E-state index < -0.39 is 0 Å². The molecule has 0 spiro atoms. The number of ether oxygens (including phenoxy) is 1. The molecule has 0 atom stereocenters. The molecule has 0 radical (unpaired) electrons. The number of aliphatic imine (C=N–C) groups is 1. The minimum atomic E-state index is 0.504. The molecule has 33 heavy (non-hydrogen) atoms. The Bertz CT molecular complexity index is 1020. The molecule has 8 nitrogen and oxygen atoms in total. The van der Waals surface area contributed by atoms with Crippen molar-refractivity contribution in [3.8, 4) is 17.1 Å². The zero-order chi connectivity index (χ0) is 22.9. The lowest BCUT2D eigenvalue weighted by Gasteiger charge is -2.14. The average molecular weight is 448 g/mol. The van der Waals surface area contributed by atoms with E-state index in [4.69, 9.17) is 9.73 Å². The van der Waals surface area contributed by atoms with Gasteiger partial charge in [0.1, 0.15) is 11.6 Å². The van der Waals surface area contributed by atoms with Crippen LogP contribution in [0.25, 0.3) is 11.4 Å². The molecule has 1 aliphatic rings. The fourth-order valence-corrected chi connectivity index (χ4v) is 3.87. The normalized spacial score (nSPS) is 14.4. The number of aromatic amines is 1. The SMILES string of the molecule is CCNC(=NCc1ccc(CN2CCCC2)cc1)NCc1nc(-c2ccc(OC)cc2)n[nH]1. The summed E-state index contributed by atoms with van der Waals surface area (Å²) in [4.78, 5) is 11.8.